The number of nitrogens with one attached hydrogen (secondary N) is 2. The molecule has 0 bridgehead atoms. The molecule has 1 aromatic heterocycles. The molecule has 0 spiro atoms. The van der Waals surface area contributed by atoms with E-state index in [2.05, 4.69) is 20.2 Å². The zero-order valence-corrected chi connectivity index (χ0v) is 15.1. The number of benzene rings is 1. The molecule has 0 aliphatic heterocycles. The summed E-state index contributed by atoms with van der Waals surface area (Å²) in [5.41, 5.74) is 0.146. The highest BCUT2D eigenvalue weighted by molar-refractivity contribution is 7.94. The molecule has 2 rings (SSSR count). The van der Waals surface area contributed by atoms with Crippen LogP contribution in [0.15, 0.2) is 28.6 Å². The van der Waals surface area contributed by atoms with Crippen molar-refractivity contribution >= 4 is 44.1 Å². The van der Waals surface area contributed by atoms with E-state index in [0.29, 0.717) is 11.3 Å². The van der Waals surface area contributed by atoms with Crippen molar-refractivity contribution < 1.29 is 22.7 Å². The average Bonchev–Trinajstić information content (AvgIpc) is 3.04. The standard InChI is InChI=1S/C14H16N4O5S2/c1-3-11(19)15-13-16-17-14(24-13)25(21,22)18-10-8-6-5-7-9(10)12(20)23-4-2/h5-8,18H,3-4H2,1-2H3,(H,15,16,19). The van der Waals surface area contributed by atoms with E-state index in [1.807, 2.05) is 0 Å². The Kier molecular flexibility index (Phi) is 6.04. The van der Waals surface area contributed by atoms with Crippen LogP contribution in [-0.2, 0) is 19.6 Å². The van der Waals surface area contributed by atoms with E-state index >= 15 is 0 Å². The van der Waals surface area contributed by atoms with E-state index in [-0.39, 0.29) is 39.7 Å². The largest absolute Gasteiger partial charge is 0.462 e. The first-order valence-corrected chi connectivity index (χ1v) is 9.59. The Balaban J connectivity index is 2.25. The first kappa shape index (κ1) is 18.8. The molecular weight excluding hydrogens is 368 g/mol. The van der Waals surface area contributed by atoms with Gasteiger partial charge in [-0.1, -0.05) is 30.4 Å². The highest BCUT2D eigenvalue weighted by atomic mass is 32.2. The molecule has 0 saturated carbocycles. The van der Waals surface area contributed by atoms with Crippen LogP contribution >= 0.6 is 11.3 Å². The zero-order chi connectivity index (χ0) is 18.4. The molecule has 0 aliphatic rings. The normalized spacial score (nSPS) is 11.0. The molecule has 11 heteroatoms. The average molecular weight is 384 g/mol. The first-order valence-electron chi connectivity index (χ1n) is 7.29. The summed E-state index contributed by atoms with van der Waals surface area (Å²) in [4.78, 5) is 23.2. The Bertz CT molecular complexity index is 879. The Morgan fingerprint density at radius 1 is 1.20 bits per heavy atom. The summed E-state index contributed by atoms with van der Waals surface area (Å²) in [5.74, 6) is -0.949. The molecule has 0 atom stereocenters. The number of carbonyl (C=O) groups is 2. The molecular formula is C14H16N4O5S2. The molecule has 134 valence electrons. The van der Waals surface area contributed by atoms with Gasteiger partial charge in [0.2, 0.25) is 11.0 Å². The molecule has 0 aliphatic carbocycles. The van der Waals surface area contributed by atoms with Gasteiger partial charge < -0.3 is 10.1 Å². The van der Waals surface area contributed by atoms with E-state index in [9.17, 15) is 18.0 Å². The molecule has 2 N–H and O–H groups in total. The molecule has 2 aromatic rings. The van der Waals surface area contributed by atoms with Crippen LogP contribution in [0.3, 0.4) is 0 Å². The van der Waals surface area contributed by atoms with Crippen LogP contribution < -0.4 is 10.0 Å². The van der Waals surface area contributed by atoms with E-state index in [4.69, 9.17) is 4.74 Å². The number of para-hydroxylation sites is 1. The van der Waals surface area contributed by atoms with Crippen molar-refractivity contribution in [1.82, 2.24) is 10.2 Å². The van der Waals surface area contributed by atoms with Gasteiger partial charge in [-0.25, -0.2) is 4.79 Å². The molecule has 1 heterocycles. The lowest BCUT2D eigenvalue weighted by molar-refractivity contribution is -0.115. The molecule has 25 heavy (non-hydrogen) atoms. The summed E-state index contributed by atoms with van der Waals surface area (Å²) < 4.78 is 31.7. The lowest BCUT2D eigenvalue weighted by Crippen LogP contribution is -2.16. The van der Waals surface area contributed by atoms with E-state index < -0.39 is 16.0 Å². The summed E-state index contributed by atoms with van der Waals surface area (Å²) in [5, 5.41) is 9.70. The predicted octanol–water partition coefficient (Wildman–Crippen LogP) is 1.86. The second-order valence-electron chi connectivity index (χ2n) is 4.65. The summed E-state index contributed by atoms with van der Waals surface area (Å²) in [6.07, 6.45) is 0.229. The maximum absolute atomic E-state index is 12.4. The van der Waals surface area contributed by atoms with Gasteiger partial charge in [0.05, 0.1) is 17.9 Å². The van der Waals surface area contributed by atoms with Gasteiger partial charge in [0.15, 0.2) is 0 Å². The number of rotatable bonds is 7. The smallest absolute Gasteiger partial charge is 0.340 e. The van der Waals surface area contributed by atoms with Crippen molar-refractivity contribution in [3.8, 4) is 0 Å². The zero-order valence-electron chi connectivity index (χ0n) is 13.5. The Labute approximate surface area is 148 Å². The SMILES string of the molecule is CCOC(=O)c1ccccc1NS(=O)(=O)c1nnc(NC(=O)CC)s1. The quantitative estimate of drug-likeness (QED) is 0.551. The first-order chi connectivity index (χ1) is 11.9. The number of sulfonamides is 1. The summed E-state index contributed by atoms with van der Waals surface area (Å²) >= 11 is 0.706. The number of esters is 1. The molecule has 0 fully saturated rings. The Hall–Kier alpha value is -2.53. The minimum Gasteiger partial charge on any atom is -0.462 e. The van der Waals surface area contributed by atoms with Crippen LogP contribution in [0, 0.1) is 0 Å². The summed E-state index contributed by atoms with van der Waals surface area (Å²) in [6, 6.07) is 6.05. The number of ether oxygens (including phenoxy) is 1. The van der Waals surface area contributed by atoms with Crippen LogP contribution in [-0.4, -0.2) is 37.1 Å². The van der Waals surface area contributed by atoms with Crippen molar-refractivity contribution in [1.29, 1.82) is 0 Å². The van der Waals surface area contributed by atoms with Crippen LogP contribution in [0.1, 0.15) is 30.6 Å². The van der Waals surface area contributed by atoms with Crippen molar-refractivity contribution in [3.63, 3.8) is 0 Å². The van der Waals surface area contributed by atoms with Gasteiger partial charge in [-0.2, -0.15) is 8.42 Å². The highest BCUT2D eigenvalue weighted by Gasteiger charge is 2.23. The van der Waals surface area contributed by atoms with Crippen LogP contribution in [0.2, 0.25) is 0 Å². The van der Waals surface area contributed by atoms with E-state index in [1.54, 1.807) is 26.0 Å². The van der Waals surface area contributed by atoms with Gasteiger partial charge in [-0.3, -0.25) is 9.52 Å². The third-order valence-corrected chi connectivity index (χ3v) is 5.44. The third-order valence-electron chi connectivity index (χ3n) is 2.87. The summed E-state index contributed by atoms with van der Waals surface area (Å²) in [7, 11) is -4.07. The van der Waals surface area contributed by atoms with Crippen LogP contribution in [0.5, 0.6) is 0 Å². The second-order valence-corrected chi connectivity index (χ2v) is 7.48. The molecule has 1 amide bonds. The number of aromatic nitrogens is 2. The number of hydrogen-bond donors (Lipinski definition) is 2. The van der Waals surface area contributed by atoms with Crippen LogP contribution in [0.25, 0.3) is 0 Å². The van der Waals surface area contributed by atoms with Gasteiger partial charge in [-0.15, -0.1) is 10.2 Å². The topological polar surface area (TPSA) is 127 Å². The van der Waals surface area contributed by atoms with Gasteiger partial charge >= 0.3 is 5.97 Å². The molecule has 0 radical (unpaired) electrons. The predicted molar refractivity (Wildman–Crippen MR) is 92.0 cm³/mol. The lowest BCUT2D eigenvalue weighted by atomic mass is 10.2. The highest BCUT2D eigenvalue weighted by Crippen LogP contribution is 2.24. The minimum absolute atomic E-state index is 0.0651. The van der Waals surface area contributed by atoms with Crippen molar-refractivity contribution in [3.05, 3.63) is 29.8 Å². The van der Waals surface area contributed by atoms with Crippen molar-refractivity contribution in [2.24, 2.45) is 0 Å². The van der Waals surface area contributed by atoms with E-state index in [1.165, 1.54) is 12.1 Å². The minimum atomic E-state index is -4.07. The van der Waals surface area contributed by atoms with Crippen LogP contribution in [0.4, 0.5) is 10.8 Å². The monoisotopic (exact) mass is 384 g/mol. The third kappa shape index (κ3) is 4.73. The van der Waals surface area contributed by atoms with Gasteiger partial charge in [0.1, 0.15) is 0 Å². The molecule has 0 unspecified atom stereocenters. The Morgan fingerprint density at radius 2 is 1.92 bits per heavy atom. The van der Waals surface area contributed by atoms with Crippen molar-refractivity contribution in [2.45, 2.75) is 24.6 Å². The van der Waals surface area contributed by atoms with Gasteiger partial charge in [0, 0.05) is 6.42 Å². The number of nitrogens with zero attached hydrogens (tertiary/aromatic N) is 2. The second kappa shape index (κ2) is 8.03. The number of amides is 1. The van der Waals surface area contributed by atoms with Crippen molar-refractivity contribution in [2.75, 3.05) is 16.6 Å². The fourth-order valence-corrected chi connectivity index (χ4v) is 3.72. The fourth-order valence-electron chi connectivity index (χ4n) is 1.72. The number of hydrogen-bond acceptors (Lipinski definition) is 8. The molecule has 9 nitrogen and oxygen atoms in total. The summed E-state index contributed by atoms with van der Waals surface area (Å²) in [6.45, 7) is 3.47. The molecule has 0 saturated heterocycles. The number of anilines is 2. The fraction of sp³-hybridized carbons (Fsp3) is 0.286. The Morgan fingerprint density at radius 3 is 2.60 bits per heavy atom. The number of carbonyl (C=O) groups excluding carboxylic acids is 2. The van der Waals surface area contributed by atoms with Gasteiger partial charge in [0.25, 0.3) is 14.4 Å². The van der Waals surface area contributed by atoms with Gasteiger partial charge in [-0.05, 0) is 19.1 Å². The van der Waals surface area contributed by atoms with E-state index in [0.717, 1.165) is 0 Å². The maximum Gasteiger partial charge on any atom is 0.340 e. The maximum atomic E-state index is 12.4. The molecule has 1 aromatic carbocycles. The lowest BCUT2D eigenvalue weighted by Gasteiger charge is -2.10.